The highest BCUT2D eigenvalue weighted by Crippen LogP contribution is 2.64. The predicted octanol–water partition coefficient (Wildman–Crippen LogP) is 4.07. The number of halogens is 3. The molecule has 3 fully saturated rings. The minimum absolute atomic E-state index is 0.108. The molecule has 0 radical (unpaired) electrons. The lowest BCUT2D eigenvalue weighted by Crippen LogP contribution is -2.51. The van der Waals surface area contributed by atoms with E-state index in [1.165, 1.54) is 6.20 Å². The molecular formula is C22H25F3N6. The molecule has 5 rings (SSSR count). The van der Waals surface area contributed by atoms with Crippen LogP contribution in [0.1, 0.15) is 49.9 Å². The third kappa shape index (κ3) is 3.37. The second-order valence-electron chi connectivity index (χ2n) is 9.41. The van der Waals surface area contributed by atoms with Crippen molar-refractivity contribution in [2.24, 2.45) is 17.8 Å². The Morgan fingerprint density at radius 2 is 1.87 bits per heavy atom. The van der Waals surface area contributed by atoms with Crippen molar-refractivity contribution in [3.63, 3.8) is 0 Å². The second-order valence-corrected chi connectivity index (χ2v) is 9.41. The summed E-state index contributed by atoms with van der Waals surface area (Å²) in [6, 6.07) is 5.97. The normalized spacial score (nSPS) is 28.4. The number of hydrogen-bond donors (Lipinski definition) is 1. The first-order valence-electron chi connectivity index (χ1n) is 10.7. The number of nitrogen functional groups attached to an aromatic ring is 1. The summed E-state index contributed by atoms with van der Waals surface area (Å²) in [6.45, 7) is 5.83. The molecule has 6 nitrogen and oxygen atoms in total. The molecule has 1 saturated heterocycles. The summed E-state index contributed by atoms with van der Waals surface area (Å²) < 4.78 is 41.8. The number of anilines is 1. The Balaban J connectivity index is 1.37. The largest absolute Gasteiger partial charge is 0.419 e. The molecular weight excluding hydrogens is 405 g/mol. The Morgan fingerprint density at radius 1 is 1.19 bits per heavy atom. The molecule has 2 aromatic heterocycles. The van der Waals surface area contributed by atoms with Gasteiger partial charge in [0.15, 0.2) is 0 Å². The molecule has 2 saturated carbocycles. The van der Waals surface area contributed by atoms with Gasteiger partial charge in [-0.05, 0) is 50.7 Å². The molecule has 2 aromatic rings. The summed E-state index contributed by atoms with van der Waals surface area (Å²) in [6.07, 6.45) is -0.956. The van der Waals surface area contributed by atoms with Crippen LogP contribution in [0.5, 0.6) is 0 Å². The molecule has 0 bridgehead atoms. The fourth-order valence-electron chi connectivity index (χ4n) is 5.50. The van der Waals surface area contributed by atoms with Crippen molar-refractivity contribution < 1.29 is 13.2 Å². The summed E-state index contributed by atoms with van der Waals surface area (Å²) in [4.78, 5) is 6.18. The van der Waals surface area contributed by atoms with E-state index in [1.54, 1.807) is 0 Å². The van der Waals surface area contributed by atoms with Gasteiger partial charge in [-0.3, -0.25) is 9.58 Å². The van der Waals surface area contributed by atoms with Gasteiger partial charge in [-0.15, -0.1) is 0 Å². The number of rotatable bonds is 4. The van der Waals surface area contributed by atoms with Crippen molar-refractivity contribution in [1.82, 2.24) is 19.7 Å². The summed E-state index contributed by atoms with van der Waals surface area (Å²) in [5.41, 5.74) is 6.45. The van der Waals surface area contributed by atoms with E-state index >= 15 is 0 Å². The van der Waals surface area contributed by atoms with Gasteiger partial charge < -0.3 is 5.73 Å². The molecule has 1 aliphatic heterocycles. The number of fused-ring (bicyclic) bond motifs is 1. The average Bonchev–Trinajstić information content (AvgIpc) is 3.03. The molecule has 4 atom stereocenters. The van der Waals surface area contributed by atoms with Crippen molar-refractivity contribution in [2.45, 2.75) is 50.9 Å². The molecule has 3 aliphatic rings. The van der Waals surface area contributed by atoms with Crippen LogP contribution in [0.15, 0.2) is 18.3 Å². The van der Waals surface area contributed by atoms with E-state index in [9.17, 15) is 13.2 Å². The van der Waals surface area contributed by atoms with Crippen LogP contribution in [0.3, 0.4) is 0 Å². The van der Waals surface area contributed by atoms with Crippen LogP contribution in [0.2, 0.25) is 0 Å². The van der Waals surface area contributed by atoms with E-state index in [-0.39, 0.29) is 12.0 Å². The van der Waals surface area contributed by atoms with E-state index < -0.39 is 17.6 Å². The molecule has 0 aromatic carbocycles. The predicted molar refractivity (Wildman–Crippen MR) is 109 cm³/mol. The van der Waals surface area contributed by atoms with Gasteiger partial charge in [0.1, 0.15) is 5.82 Å². The van der Waals surface area contributed by atoms with Gasteiger partial charge in [0.05, 0.1) is 23.2 Å². The van der Waals surface area contributed by atoms with Gasteiger partial charge in [0.25, 0.3) is 0 Å². The highest BCUT2D eigenvalue weighted by molar-refractivity contribution is 5.63. The zero-order chi connectivity index (χ0) is 22.1. The summed E-state index contributed by atoms with van der Waals surface area (Å²) in [5, 5.41) is 13.6. The number of nitriles is 1. The topological polar surface area (TPSA) is 83.8 Å². The third-order valence-electron chi connectivity index (χ3n) is 7.14. The van der Waals surface area contributed by atoms with Crippen LogP contribution in [-0.4, -0.2) is 38.8 Å². The van der Waals surface area contributed by atoms with Crippen molar-refractivity contribution >= 4 is 5.82 Å². The monoisotopic (exact) mass is 430 g/mol. The Hall–Kier alpha value is -2.60. The van der Waals surface area contributed by atoms with Crippen LogP contribution in [0.25, 0.3) is 11.3 Å². The Morgan fingerprint density at radius 3 is 2.45 bits per heavy atom. The summed E-state index contributed by atoms with van der Waals surface area (Å²) >= 11 is 0. The van der Waals surface area contributed by atoms with Gasteiger partial charge in [0.2, 0.25) is 0 Å². The van der Waals surface area contributed by atoms with Crippen LogP contribution in [-0.2, 0) is 6.18 Å². The number of aromatic nitrogens is 3. The van der Waals surface area contributed by atoms with E-state index in [0.717, 1.165) is 37.7 Å². The second kappa shape index (κ2) is 6.95. The molecule has 3 heterocycles. The highest BCUT2D eigenvalue weighted by Gasteiger charge is 2.59. The number of nitrogens with zero attached hydrogens (tertiary/aromatic N) is 5. The van der Waals surface area contributed by atoms with E-state index in [4.69, 9.17) is 11.0 Å². The molecule has 31 heavy (non-hydrogen) atoms. The lowest BCUT2D eigenvalue weighted by molar-refractivity contribution is -0.137. The first-order valence-corrected chi connectivity index (χ1v) is 10.7. The van der Waals surface area contributed by atoms with Crippen LogP contribution >= 0.6 is 0 Å². The third-order valence-corrected chi connectivity index (χ3v) is 7.14. The fraction of sp³-hybridized carbons (Fsp3) is 0.591. The van der Waals surface area contributed by atoms with Gasteiger partial charge in [-0.2, -0.15) is 23.5 Å². The van der Waals surface area contributed by atoms with Crippen molar-refractivity contribution in [3.05, 3.63) is 29.6 Å². The van der Waals surface area contributed by atoms with Crippen molar-refractivity contribution in [2.75, 3.05) is 18.8 Å². The molecule has 0 amide bonds. The molecule has 0 unspecified atom stereocenters. The molecule has 164 valence electrons. The van der Waals surface area contributed by atoms with E-state index in [0.29, 0.717) is 35.1 Å². The SMILES string of the molecule is CC(C)n1nc(-c2cnc(N)c(C(F)(F)F)c2)cc1[C@H]1[C@@H]2C[C@H](N3CC(C#N)C3)C[C@@H]21. The van der Waals surface area contributed by atoms with E-state index in [2.05, 4.69) is 21.1 Å². The Kier molecular flexibility index (Phi) is 4.56. The maximum absolute atomic E-state index is 13.3. The zero-order valence-corrected chi connectivity index (χ0v) is 17.5. The van der Waals surface area contributed by atoms with Gasteiger partial charge >= 0.3 is 6.18 Å². The molecule has 9 heteroatoms. The highest BCUT2D eigenvalue weighted by atomic mass is 19.4. The lowest BCUT2D eigenvalue weighted by Gasteiger charge is -2.40. The number of likely N-dealkylation sites (tertiary alicyclic amines) is 1. The minimum Gasteiger partial charge on any atom is -0.383 e. The molecule has 0 spiro atoms. The number of alkyl halides is 3. The molecule has 2 N–H and O–H groups in total. The standard InChI is InChI=1S/C22H25F3N6/c1-11(2)31-19(20-15-4-14(5-16(15)20)30-9-12(7-26)10-30)6-18(29-31)13-3-17(22(23,24)25)21(27)28-8-13/h3,6,8,11-12,14-16,20H,4-5,9-10H2,1-2H3,(H2,27,28)/t14-,15+,16-,20-. The number of pyridine rings is 1. The Bertz CT molecular complexity index is 1030. The average molecular weight is 430 g/mol. The lowest BCUT2D eigenvalue weighted by atomic mass is 9.95. The van der Waals surface area contributed by atoms with Gasteiger partial charge in [-0.1, -0.05) is 0 Å². The maximum atomic E-state index is 13.3. The molecule has 2 aliphatic carbocycles. The van der Waals surface area contributed by atoms with Crippen molar-refractivity contribution in [3.8, 4) is 17.3 Å². The first kappa shape index (κ1) is 20.3. The smallest absolute Gasteiger partial charge is 0.383 e. The first-order chi connectivity index (χ1) is 14.7. The quantitative estimate of drug-likeness (QED) is 0.790. The van der Waals surface area contributed by atoms with Crippen LogP contribution < -0.4 is 5.73 Å². The zero-order valence-electron chi connectivity index (χ0n) is 17.5. The summed E-state index contributed by atoms with van der Waals surface area (Å²) in [5.74, 6) is 1.23. The minimum atomic E-state index is -4.56. The Labute approximate surface area is 178 Å². The van der Waals surface area contributed by atoms with Crippen LogP contribution in [0, 0.1) is 29.1 Å². The number of nitrogens with two attached hydrogens (primary N) is 1. The van der Waals surface area contributed by atoms with E-state index in [1.807, 2.05) is 24.6 Å². The van der Waals surface area contributed by atoms with Crippen LogP contribution in [0.4, 0.5) is 19.0 Å². The van der Waals surface area contributed by atoms with Crippen molar-refractivity contribution in [1.29, 1.82) is 5.26 Å². The summed E-state index contributed by atoms with van der Waals surface area (Å²) in [7, 11) is 0. The maximum Gasteiger partial charge on any atom is 0.419 e. The van der Waals surface area contributed by atoms with Gasteiger partial charge in [0, 0.05) is 48.5 Å². The fourth-order valence-corrected chi connectivity index (χ4v) is 5.50. The van der Waals surface area contributed by atoms with Gasteiger partial charge in [-0.25, -0.2) is 4.98 Å². The number of hydrogen-bond acceptors (Lipinski definition) is 5.